The fourth-order valence-corrected chi connectivity index (χ4v) is 1.13. The summed E-state index contributed by atoms with van der Waals surface area (Å²) >= 11 is 4.51. The Kier molecular flexibility index (Phi) is 3.98. The van der Waals surface area contributed by atoms with E-state index in [9.17, 15) is 10.2 Å². The second-order valence-electron chi connectivity index (χ2n) is 2.94. The van der Waals surface area contributed by atoms with Gasteiger partial charge in [-0.2, -0.15) is 0 Å². The maximum Gasteiger partial charge on any atom is 0.178 e. The Morgan fingerprint density at radius 1 is 1.36 bits per heavy atom. The highest BCUT2D eigenvalue weighted by Crippen LogP contribution is 2.12. The van der Waals surface area contributed by atoms with Gasteiger partial charge in [-0.05, 0) is 12.2 Å². The minimum Gasteiger partial charge on any atom is -0.388 e. The van der Waals surface area contributed by atoms with Gasteiger partial charge in [0.1, 0.15) is 18.3 Å². The first kappa shape index (κ1) is 11.6. The molecule has 1 rings (SSSR count). The van der Waals surface area contributed by atoms with Gasteiger partial charge in [-0.15, -0.1) is 0 Å². The largest absolute Gasteiger partial charge is 0.388 e. The van der Waals surface area contributed by atoms with Crippen LogP contribution in [0.5, 0.6) is 0 Å². The molecule has 0 bridgehead atoms. The van der Waals surface area contributed by atoms with Gasteiger partial charge in [0.2, 0.25) is 0 Å². The molecule has 1 heterocycles. The van der Waals surface area contributed by atoms with Crippen molar-refractivity contribution >= 4 is 17.3 Å². The Hall–Kier alpha value is -0.510. The molecule has 7 nitrogen and oxygen atoms in total. The fourth-order valence-electron chi connectivity index (χ4n) is 1.08. The van der Waals surface area contributed by atoms with Gasteiger partial charge >= 0.3 is 0 Å². The molecule has 0 aromatic carbocycles. The van der Waals surface area contributed by atoms with Gasteiger partial charge in [0.05, 0.1) is 6.61 Å². The zero-order chi connectivity index (χ0) is 10.7. The predicted molar refractivity (Wildman–Crippen MR) is 50.8 cm³/mol. The normalized spacial score (nSPS) is 37.9. The number of hydrazine groups is 1. The third-order valence-electron chi connectivity index (χ3n) is 1.84. The van der Waals surface area contributed by atoms with Crippen LogP contribution in [0.3, 0.4) is 0 Å². The van der Waals surface area contributed by atoms with Crippen LogP contribution in [0.4, 0.5) is 0 Å². The van der Waals surface area contributed by atoms with Crippen molar-refractivity contribution in [2.24, 2.45) is 5.73 Å². The monoisotopic (exact) mass is 223 g/mol. The van der Waals surface area contributed by atoms with E-state index in [0.717, 1.165) is 0 Å². The molecule has 1 aliphatic heterocycles. The lowest BCUT2D eigenvalue weighted by Gasteiger charge is -2.35. The molecule has 1 fully saturated rings. The summed E-state index contributed by atoms with van der Waals surface area (Å²) in [7, 11) is 0. The number of rotatable bonds is 2. The van der Waals surface area contributed by atoms with Crippen LogP contribution in [0.15, 0.2) is 0 Å². The second-order valence-corrected chi connectivity index (χ2v) is 3.38. The van der Waals surface area contributed by atoms with Crippen molar-refractivity contribution in [1.82, 2.24) is 10.9 Å². The third-order valence-corrected chi connectivity index (χ3v) is 1.94. The van der Waals surface area contributed by atoms with E-state index < -0.39 is 24.5 Å². The average Bonchev–Trinajstić information content (AvgIpc) is 2.13. The Balaban J connectivity index is 2.42. The molecule has 7 N–H and O–H groups in total. The minimum absolute atomic E-state index is 0.0126. The first-order valence-corrected chi connectivity index (χ1v) is 4.40. The summed E-state index contributed by atoms with van der Waals surface area (Å²) in [5, 5.41) is 27.8. The van der Waals surface area contributed by atoms with Gasteiger partial charge in [0, 0.05) is 0 Å². The SMILES string of the molecule is NC(=S)NN[C@H]1OC[C@H](O)[C@H](O)[C@H]1O. The number of nitrogens with one attached hydrogen (secondary N) is 2. The topological polar surface area (TPSA) is 120 Å². The molecular formula is C6H13N3O4S. The lowest BCUT2D eigenvalue weighted by atomic mass is 10.1. The lowest BCUT2D eigenvalue weighted by Crippen LogP contribution is -2.61. The second kappa shape index (κ2) is 4.82. The average molecular weight is 223 g/mol. The van der Waals surface area contributed by atoms with Gasteiger partial charge in [-0.1, -0.05) is 0 Å². The van der Waals surface area contributed by atoms with Crippen molar-refractivity contribution in [3.63, 3.8) is 0 Å². The van der Waals surface area contributed by atoms with Crippen LogP contribution in [0.25, 0.3) is 0 Å². The van der Waals surface area contributed by atoms with Crippen LogP contribution in [-0.2, 0) is 4.74 Å². The summed E-state index contributed by atoms with van der Waals surface area (Å²) in [6.45, 7) is -0.0745. The molecule has 0 radical (unpaired) electrons. The minimum atomic E-state index is -1.26. The van der Waals surface area contributed by atoms with E-state index in [-0.39, 0.29) is 11.7 Å². The summed E-state index contributed by atoms with van der Waals surface area (Å²) < 4.78 is 4.97. The molecule has 82 valence electrons. The summed E-state index contributed by atoms with van der Waals surface area (Å²) in [6, 6.07) is 0. The van der Waals surface area contributed by atoms with Crippen LogP contribution in [0, 0.1) is 0 Å². The number of aliphatic hydroxyl groups is 3. The van der Waals surface area contributed by atoms with Crippen molar-refractivity contribution in [3.05, 3.63) is 0 Å². The molecule has 0 amide bonds. The first-order valence-electron chi connectivity index (χ1n) is 3.99. The van der Waals surface area contributed by atoms with Crippen LogP contribution in [0.2, 0.25) is 0 Å². The predicted octanol–water partition coefficient (Wildman–Crippen LogP) is -3.24. The van der Waals surface area contributed by atoms with Crippen LogP contribution >= 0.6 is 12.2 Å². The van der Waals surface area contributed by atoms with E-state index in [0.29, 0.717) is 0 Å². The number of ether oxygens (including phenoxy) is 1. The van der Waals surface area contributed by atoms with E-state index in [1.165, 1.54) is 0 Å². The van der Waals surface area contributed by atoms with Crippen molar-refractivity contribution in [2.75, 3.05) is 6.61 Å². The van der Waals surface area contributed by atoms with Gasteiger partial charge in [0.25, 0.3) is 0 Å². The molecule has 0 unspecified atom stereocenters. The molecule has 0 aliphatic carbocycles. The quantitative estimate of drug-likeness (QED) is 0.213. The van der Waals surface area contributed by atoms with Crippen molar-refractivity contribution in [1.29, 1.82) is 0 Å². The van der Waals surface area contributed by atoms with E-state index in [2.05, 4.69) is 23.1 Å². The van der Waals surface area contributed by atoms with E-state index in [1.54, 1.807) is 0 Å². The lowest BCUT2D eigenvalue weighted by molar-refractivity contribution is -0.196. The van der Waals surface area contributed by atoms with Gasteiger partial charge in [-0.25, -0.2) is 5.43 Å². The zero-order valence-corrected chi connectivity index (χ0v) is 8.07. The Morgan fingerprint density at radius 3 is 2.57 bits per heavy atom. The molecule has 0 spiro atoms. The molecular weight excluding hydrogens is 210 g/mol. The molecule has 0 saturated carbocycles. The summed E-state index contributed by atoms with van der Waals surface area (Å²) in [5.74, 6) is 0. The molecule has 1 aliphatic rings. The van der Waals surface area contributed by atoms with Gasteiger partial charge < -0.3 is 25.8 Å². The Morgan fingerprint density at radius 2 is 2.00 bits per heavy atom. The summed E-state index contributed by atoms with van der Waals surface area (Å²) in [6.07, 6.45) is -4.46. The van der Waals surface area contributed by atoms with Crippen molar-refractivity contribution in [2.45, 2.75) is 24.5 Å². The first-order chi connectivity index (χ1) is 6.52. The smallest absolute Gasteiger partial charge is 0.178 e. The van der Waals surface area contributed by atoms with Gasteiger partial charge in [-0.3, -0.25) is 5.43 Å². The van der Waals surface area contributed by atoms with Crippen LogP contribution < -0.4 is 16.6 Å². The number of hydrogen-bond donors (Lipinski definition) is 6. The highest BCUT2D eigenvalue weighted by Gasteiger charge is 2.37. The maximum atomic E-state index is 9.40. The number of aliphatic hydroxyl groups excluding tert-OH is 3. The van der Waals surface area contributed by atoms with Crippen LogP contribution in [-0.4, -0.2) is 51.6 Å². The summed E-state index contributed by atoms with van der Waals surface area (Å²) in [5.41, 5.74) is 9.95. The number of hydrogen-bond acceptors (Lipinski definition) is 6. The third kappa shape index (κ3) is 2.74. The standard InChI is InChI=1S/C6H13N3O4S/c7-6(14)9-8-5-4(12)3(11)2(10)1-13-5/h2-5,8,10-12H,1H2,(H3,7,9,14)/t2-,3-,4+,5-/m0/s1. The molecule has 1 saturated heterocycles. The molecule has 0 aromatic rings. The highest BCUT2D eigenvalue weighted by atomic mass is 32.1. The van der Waals surface area contributed by atoms with Crippen molar-refractivity contribution in [3.8, 4) is 0 Å². The Bertz CT molecular complexity index is 217. The summed E-state index contributed by atoms with van der Waals surface area (Å²) in [4.78, 5) is 0. The fraction of sp³-hybridized carbons (Fsp3) is 0.833. The molecule has 8 heteroatoms. The van der Waals surface area contributed by atoms with Gasteiger partial charge in [0.15, 0.2) is 11.3 Å². The maximum absolute atomic E-state index is 9.40. The Labute approximate surface area is 85.8 Å². The van der Waals surface area contributed by atoms with Crippen LogP contribution in [0.1, 0.15) is 0 Å². The molecule has 14 heavy (non-hydrogen) atoms. The highest BCUT2D eigenvalue weighted by molar-refractivity contribution is 7.80. The number of thiocarbonyl (C=S) groups is 1. The zero-order valence-electron chi connectivity index (χ0n) is 7.25. The van der Waals surface area contributed by atoms with E-state index >= 15 is 0 Å². The molecule has 0 aromatic heterocycles. The van der Waals surface area contributed by atoms with Crippen molar-refractivity contribution < 1.29 is 20.1 Å². The van der Waals surface area contributed by atoms with E-state index in [4.69, 9.17) is 15.6 Å². The molecule has 4 atom stereocenters. The van der Waals surface area contributed by atoms with E-state index in [1.807, 2.05) is 0 Å². The number of nitrogens with two attached hydrogens (primary N) is 1.